The van der Waals surface area contributed by atoms with Gasteiger partial charge in [0.1, 0.15) is 0 Å². The van der Waals surface area contributed by atoms with E-state index in [0.717, 1.165) is 11.3 Å². The molecule has 1 amide bonds. The number of amides is 1. The molecule has 2 heterocycles. The van der Waals surface area contributed by atoms with Gasteiger partial charge in [0.25, 0.3) is 0 Å². The van der Waals surface area contributed by atoms with Gasteiger partial charge in [-0.3, -0.25) is 4.79 Å². The van der Waals surface area contributed by atoms with Crippen LogP contribution in [-0.4, -0.2) is 36.0 Å². The summed E-state index contributed by atoms with van der Waals surface area (Å²) < 4.78 is 0. The van der Waals surface area contributed by atoms with Gasteiger partial charge in [0.2, 0.25) is 5.91 Å². The van der Waals surface area contributed by atoms with Crippen LogP contribution in [0.15, 0.2) is 18.2 Å². The number of carbonyl (C=O) groups excluding carboxylic acids is 1. The Hall–Kier alpha value is -1.55. The molecule has 0 aromatic heterocycles. The molecule has 4 heteroatoms. The summed E-state index contributed by atoms with van der Waals surface area (Å²) >= 11 is 0. The van der Waals surface area contributed by atoms with Gasteiger partial charge in [0.05, 0.1) is 0 Å². The maximum Gasteiger partial charge on any atom is 0.249 e. The summed E-state index contributed by atoms with van der Waals surface area (Å²) in [7, 11) is 2.25. The molecule has 108 valence electrons. The van der Waals surface area contributed by atoms with E-state index in [9.17, 15) is 4.79 Å². The van der Waals surface area contributed by atoms with Crippen molar-refractivity contribution < 1.29 is 4.79 Å². The maximum atomic E-state index is 11.4. The lowest BCUT2D eigenvalue weighted by Gasteiger charge is -2.37. The lowest BCUT2D eigenvalue weighted by Crippen LogP contribution is -2.44. The summed E-state index contributed by atoms with van der Waals surface area (Å²) in [6, 6.07) is 7.67. The van der Waals surface area contributed by atoms with E-state index in [-0.39, 0.29) is 5.91 Å². The van der Waals surface area contributed by atoms with Crippen molar-refractivity contribution in [3.05, 3.63) is 29.3 Å². The molecule has 3 N–H and O–H groups in total. The third kappa shape index (κ3) is 2.29. The number of nitrogens with one attached hydrogen (secondary N) is 1. The van der Waals surface area contributed by atoms with Crippen LogP contribution in [0.5, 0.6) is 0 Å². The highest BCUT2D eigenvalue weighted by molar-refractivity contribution is 5.95. The number of benzene rings is 1. The first kappa shape index (κ1) is 13.4. The second-order valence-electron chi connectivity index (χ2n) is 6.21. The monoisotopic (exact) mass is 273 g/mol. The average Bonchev–Trinajstić information content (AvgIpc) is 2.63. The van der Waals surface area contributed by atoms with Crippen LogP contribution in [0, 0.1) is 6.92 Å². The number of hydrogen-bond donors (Lipinski definition) is 2. The number of anilines is 1. The molecule has 0 saturated carbocycles. The summed E-state index contributed by atoms with van der Waals surface area (Å²) in [5.74, 6) is -0.352. The lowest BCUT2D eigenvalue weighted by molar-refractivity contribution is 0.0999. The highest BCUT2D eigenvalue weighted by atomic mass is 16.1. The van der Waals surface area contributed by atoms with Gasteiger partial charge in [0, 0.05) is 29.4 Å². The van der Waals surface area contributed by atoms with Crippen LogP contribution < -0.4 is 11.1 Å². The van der Waals surface area contributed by atoms with Crippen molar-refractivity contribution in [3.8, 4) is 0 Å². The zero-order valence-corrected chi connectivity index (χ0v) is 12.2. The smallest absolute Gasteiger partial charge is 0.249 e. The Kier molecular flexibility index (Phi) is 3.42. The van der Waals surface area contributed by atoms with Crippen LogP contribution in [0.25, 0.3) is 0 Å². The summed E-state index contributed by atoms with van der Waals surface area (Å²) in [6.07, 6.45) is 5.01. The van der Waals surface area contributed by atoms with Crippen molar-refractivity contribution in [1.82, 2.24) is 4.90 Å². The third-order valence-corrected chi connectivity index (χ3v) is 5.06. The van der Waals surface area contributed by atoms with E-state index in [4.69, 9.17) is 5.73 Å². The van der Waals surface area contributed by atoms with E-state index in [1.165, 1.54) is 25.7 Å². The van der Waals surface area contributed by atoms with Crippen LogP contribution in [-0.2, 0) is 0 Å². The van der Waals surface area contributed by atoms with Crippen LogP contribution >= 0.6 is 0 Å². The Labute approximate surface area is 120 Å². The van der Waals surface area contributed by atoms with Gasteiger partial charge in [0.15, 0.2) is 0 Å². The van der Waals surface area contributed by atoms with Crippen molar-refractivity contribution in [2.75, 3.05) is 12.4 Å². The minimum absolute atomic E-state index is 0.352. The van der Waals surface area contributed by atoms with Crippen molar-refractivity contribution in [1.29, 1.82) is 0 Å². The van der Waals surface area contributed by atoms with Crippen LogP contribution in [0.4, 0.5) is 5.69 Å². The minimum atomic E-state index is -0.352. The predicted octanol–water partition coefficient (Wildman–Crippen LogP) is 2.13. The molecule has 0 spiro atoms. The van der Waals surface area contributed by atoms with E-state index in [1.807, 2.05) is 19.1 Å². The van der Waals surface area contributed by atoms with Gasteiger partial charge in [-0.1, -0.05) is 6.07 Å². The first-order chi connectivity index (χ1) is 9.56. The lowest BCUT2D eigenvalue weighted by atomic mass is 9.97. The first-order valence-corrected chi connectivity index (χ1v) is 7.44. The molecule has 0 aliphatic carbocycles. The molecule has 2 aliphatic heterocycles. The fourth-order valence-corrected chi connectivity index (χ4v) is 3.81. The van der Waals surface area contributed by atoms with E-state index < -0.39 is 0 Å². The zero-order chi connectivity index (χ0) is 14.3. The highest BCUT2D eigenvalue weighted by Crippen LogP contribution is 2.35. The molecule has 20 heavy (non-hydrogen) atoms. The van der Waals surface area contributed by atoms with Gasteiger partial charge >= 0.3 is 0 Å². The second kappa shape index (κ2) is 5.09. The van der Waals surface area contributed by atoms with E-state index >= 15 is 0 Å². The number of carbonyl (C=O) groups is 1. The molecular weight excluding hydrogens is 250 g/mol. The number of hydrogen-bond acceptors (Lipinski definition) is 3. The Morgan fingerprint density at radius 2 is 1.95 bits per heavy atom. The number of fused-ring (bicyclic) bond motifs is 2. The molecule has 2 saturated heterocycles. The summed E-state index contributed by atoms with van der Waals surface area (Å²) in [4.78, 5) is 13.9. The summed E-state index contributed by atoms with van der Waals surface area (Å²) in [5.41, 5.74) is 8.05. The van der Waals surface area contributed by atoms with Crippen molar-refractivity contribution in [2.24, 2.45) is 5.73 Å². The fourth-order valence-electron chi connectivity index (χ4n) is 3.81. The van der Waals surface area contributed by atoms with Crippen molar-refractivity contribution in [2.45, 2.75) is 50.7 Å². The van der Waals surface area contributed by atoms with E-state index in [2.05, 4.69) is 17.3 Å². The zero-order valence-electron chi connectivity index (χ0n) is 12.2. The Morgan fingerprint density at radius 3 is 2.55 bits per heavy atom. The third-order valence-electron chi connectivity index (χ3n) is 5.06. The highest BCUT2D eigenvalue weighted by Gasteiger charge is 2.38. The molecule has 2 fully saturated rings. The van der Waals surface area contributed by atoms with E-state index in [0.29, 0.717) is 23.7 Å². The quantitative estimate of drug-likeness (QED) is 0.887. The summed E-state index contributed by atoms with van der Waals surface area (Å²) in [6.45, 7) is 1.96. The topological polar surface area (TPSA) is 58.4 Å². The molecule has 2 bridgehead atoms. The average molecular weight is 273 g/mol. The van der Waals surface area contributed by atoms with Gasteiger partial charge in [-0.15, -0.1) is 0 Å². The van der Waals surface area contributed by atoms with E-state index in [1.54, 1.807) is 6.07 Å². The number of piperidine rings is 1. The Morgan fingerprint density at radius 1 is 1.30 bits per heavy atom. The first-order valence-electron chi connectivity index (χ1n) is 7.44. The maximum absolute atomic E-state index is 11.4. The predicted molar refractivity (Wildman–Crippen MR) is 80.9 cm³/mol. The van der Waals surface area contributed by atoms with Gasteiger partial charge in [-0.05, 0) is 57.4 Å². The molecule has 1 aromatic rings. The SMILES string of the molecule is Cc1c(NC2CC3CCC(C2)N3C)cccc1C(N)=O. The van der Waals surface area contributed by atoms with Gasteiger partial charge in [-0.25, -0.2) is 0 Å². The molecule has 1 aromatic carbocycles. The molecule has 2 atom stereocenters. The van der Waals surface area contributed by atoms with Crippen LogP contribution in [0.1, 0.15) is 41.6 Å². The minimum Gasteiger partial charge on any atom is -0.382 e. The fraction of sp³-hybridized carbons (Fsp3) is 0.562. The largest absolute Gasteiger partial charge is 0.382 e. The molecule has 4 nitrogen and oxygen atoms in total. The molecule has 0 radical (unpaired) electrons. The molecular formula is C16H23N3O. The summed E-state index contributed by atoms with van der Waals surface area (Å²) in [5, 5.41) is 3.63. The Bertz CT molecular complexity index is 514. The number of rotatable bonds is 3. The standard InChI is InChI=1S/C16H23N3O/c1-10-14(16(17)20)4-3-5-15(10)18-11-8-12-6-7-13(9-11)19(12)2/h3-5,11-13,18H,6-9H2,1-2H3,(H2,17,20). The van der Waals surface area contributed by atoms with Crippen molar-refractivity contribution >= 4 is 11.6 Å². The van der Waals surface area contributed by atoms with Crippen molar-refractivity contribution in [3.63, 3.8) is 0 Å². The normalized spacial score (nSPS) is 29.4. The molecule has 2 aliphatic rings. The van der Waals surface area contributed by atoms with Gasteiger partial charge < -0.3 is 16.0 Å². The van der Waals surface area contributed by atoms with Gasteiger partial charge in [-0.2, -0.15) is 0 Å². The molecule has 3 rings (SSSR count). The number of nitrogens with two attached hydrogens (primary N) is 1. The second-order valence-corrected chi connectivity index (χ2v) is 6.21. The Balaban J connectivity index is 1.76. The number of primary amides is 1. The molecule has 2 unspecified atom stereocenters. The van der Waals surface area contributed by atoms with Crippen LogP contribution in [0.3, 0.4) is 0 Å². The van der Waals surface area contributed by atoms with Crippen LogP contribution in [0.2, 0.25) is 0 Å². The number of nitrogens with zero attached hydrogens (tertiary/aromatic N) is 1.